The number of hydrogen-bond acceptors (Lipinski definition) is 3. The van der Waals surface area contributed by atoms with Gasteiger partial charge in [0.15, 0.2) is 0 Å². The summed E-state index contributed by atoms with van der Waals surface area (Å²) in [5.41, 5.74) is 1.04. The number of rotatable bonds is 6. The van der Waals surface area contributed by atoms with Crippen molar-refractivity contribution in [2.45, 2.75) is 12.5 Å². The SMILES string of the molecule is C=CCC(NC)c1c(OC)cccc1OC. The van der Waals surface area contributed by atoms with Crippen LogP contribution in [0.4, 0.5) is 0 Å². The normalized spacial score (nSPS) is 11.9. The molecule has 0 aliphatic heterocycles. The largest absolute Gasteiger partial charge is 0.496 e. The van der Waals surface area contributed by atoms with Crippen LogP contribution in [0, 0.1) is 0 Å². The van der Waals surface area contributed by atoms with E-state index in [4.69, 9.17) is 9.47 Å². The van der Waals surface area contributed by atoms with Crippen molar-refractivity contribution in [3.05, 3.63) is 36.4 Å². The van der Waals surface area contributed by atoms with Crippen LogP contribution in [0.5, 0.6) is 11.5 Å². The molecule has 16 heavy (non-hydrogen) atoms. The second-order valence-corrected chi connectivity index (χ2v) is 3.44. The molecule has 0 bridgehead atoms. The van der Waals surface area contributed by atoms with Crippen molar-refractivity contribution in [3.8, 4) is 11.5 Å². The molecule has 0 amide bonds. The summed E-state index contributed by atoms with van der Waals surface area (Å²) in [6.07, 6.45) is 2.71. The van der Waals surface area contributed by atoms with Gasteiger partial charge in [-0.05, 0) is 25.6 Å². The van der Waals surface area contributed by atoms with Crippen LogP contribution in [0.1, 0.15) is 18.0 Å². The van der Waals surface area contributed by atoms with E-state index in [1.54, 1.807) is 14.2 Å². The van der Waals surface area contributed by atoms with Gasteiger partial charge >= 0.3 is 0 Å². The van der Waals surface area contributed by atoms with Crippen molar-refractivity contribution in [1.29, 1.82) is 0 Å². The van der Waals surface area contributed by atoms with Crippen LogP contribution in [0.3, 0.4) is 0 Å². The first kappa shape index (κ1) is 12.6. The maximum atomic E-state index is 5.36. The van der Waals surface area contributed by atoms with Gasteiger partial charge in [-0.25, -0.2) is 0 Å². The highest BCUT2D eigenvalue weighted by Crippen LogP contribution is 2.35. The van der Waals surface area contributed by atoms with Crippen molar-refractivity contribution < 1.29 is 9.47 Å². The van der Waals surface area contributed by atoms with E-state index in [0.717, 1.165) is 23.5 Å². The van der Waals surface area contributed by atoms with Gasteiger partial charge in [0, 0.05) is 6.04 Å². The lowest BCUT2D eigenvalue weighted by molar-refractivity contribution is 0.373. The Morgan fingerprint density at radius 3 is 2.25 bits per heavy atom. The van der Waals surface area contributed by atoms with E-state index in [1.807, 2.05) is 31.3 Å². The fourth-order valence-electron chi connectivity index (χ4n) is 1.77. The highest BCUT2D eigenvalue weighted by molar-refractivity contribution is 5.47. The van der Waals surface area contributed by atoms with Gasteiger partial charge in [-0.15, -0.1) is 6.58 Å². The molecule has 0 aliphatic carbocycles. The van der Waals surface area contributed by atoms with Crippen molar-refractivity contribution in [2.24, 2.45) is 0 Å². The second kappa shape index (κ2) is 6.18. The molecule has 0 saturated carbocycles. The summed E-state index contributed by atoms with van der Waals surface area (Å²) in [7, 11) is 5.25. The Kier molecular flexibility index (Phi) is 4.86. The van der Waals surface area contributed by atoms with Crippen molar-refractivity contribution in [2.75, 3.05) is 21.3 Å². The molecule has 0 aromatic heterocycles. The third kappa shape index (κ3) is 2.55. The topological polar surface area (TPSA) is 30.5 Å². The third-order valence-electron chi connectivity index (χ3n) is 2.57. The monoisotopic (exact) mass is 221 g/mol. The molecule has 0 fully saturated rings. The first-order chi connectivity index (χ1) is 7.78. The Bertz CT molecular complexity index is 328. The molecule has 0 aliphatic rings. The van der Waals surface area contributed by atoms with Gasteiger partial charge in [0.25, 0.3) is 0 Å². The summed E-state index contributed by atoms with van der Waals surface area (Å²) in [6.45, 7) is 3.76. The maximum Gasteiger partial charge on any atom is 0.127 e. The van der Waals surface area contributed by atoms with Gasteiger partial charge < -0.3 is 14.8 Å². The molecule has 1 unspecified atom stereocenters. The Morgan fingerprint density at radius 2 is 1.88 bits per heavy atom. The fraction of sp³-hybridized carbons (Fsp3) is 0.385. The molecule has 1 rings (SSSR count). The summed E-state index contributed by atoms with van der Waals surface area (Å²) in [5, 5.41) is 3.24. The van der Waals surface area contributed by atoms with Crippen LogP contribution in [0.2, 0.25) is 0 Å². The molecular weight excluding hydrogens is 202 g/mol. The molecule has 1 N–H and O–H groups in total. The van der Waals surface area contributed by atoms with E-state index in [1.165, 1.54) is 0 Å². The van der Waals surface area contributed by atoms with E-state index in [9.17, 15) is 0 Å². The first-order valence-corrected chi connectivity index (χ1v) is 5.27. The lowest BCUT2D eigenvalue weighted by Crippen LogP contribution is -2.17. The minimum absolute atomic E-state index is 0.156. The van der Waals surface area contributed by atoms with Crippen LogP contribution in [0.15, 0.2) is 30.9 Å². The summed E-state index contributed by atoms with van der Waals surface area (Å²) in [6, 6.07) is 5.95. The van der Waals surface area contributed by atoms with Crippen molar-refractivity contribution >= 4 is 0 Å². The number of hydrogen-bond donors (Lipinski definition) is 1. The van der Waals surface area contributed by atoms with E-state index in [-0.39, 0.29) is 6.04 Å². The molecule has 88 valence electrons. The van der Waals surface area contributed by atoms with Crippen LogP contribution >= 0.6 is 0 Å². The van der Waals surface area contributed by atoms with Crippen LogP contribution in [0.25, 0.3) is 0 Å². The third-order valence-corrected chi connectivity index (χ3v) is 2.57. The highest BCUT2D eigenvalue weighted by atomic mass is 16.5. The average molecular weight is 221 g/mol. The Morgan fingerprint density at radius 1 is 1.31 bits per heavy atom. The van der Waals surface area contributed by atoms with Crippen molar-refractivity contribution in [3.63, 3.8) is 0 Å². The quantitative estimate of drug-likeness (QED) is 0.749. The zero-order valence-electron chi connectivity index (χ0n) is 10.1. The average Bonchev–Trinajstić information content (AvgIpc) is 2.35. The molecule has 0 radical (unpaired) electrons. The predicted molar refractivity (Wildman–Crippen MR) is 66.2 cm³/mol. The molecule has 1 aromatic carbocycles. The van der Waals surface area contributed by atoms with E-state index < -0.39 is 0 Å². The number of methoxy groups -OCH3 is 2. The van der Waals surface area contributed by atoms with E-state index in [0.29, 0.717) is 0 Å². The lowest BCUT2D eigenvalue weighted by atomic mass is 10.0. The van der Waals surface area contributed by atoms with Gasteiger partial charge in [-0.2, -0.15) is 0 Å². The molecule has 1 atom stereocenters. The molecule has 0 heterocycles. The van der Waals surface area contributed by atoms with Crippen molar-refractivity contribution in [1.82, 2.24) is 5.32 Å². The molecule has 1 aromatic rings. The summed E-state index contributed by atoms with van der Waals surface area (Å²) in [4.78, 5) is 0. The Balaban J connectivity index is 3.19. The number of nitrogens with one attached hydrogen (secondary N) is 1. The first-order valence-electron chi connectivity index (χ1n) is 5.27. The Hall–Kier alpha value is -1.48. The summed E-state index contributed by atoms with van der Waals surface area (Å²) in [5.74, 6) is 1.67. The van der Waals surface area contributed by atoms with Crippen LogP contribution < -0.4 is 14.8 Å². The van der Waals surface area contributed by atoms with Gasteiger partial charge in [-0.1, -0.05) is 12.1 Å². The van der Waals surface area contributed by atoms with E-state index >= 15 is 0 Å². The second-order valence-electron chi connectivity index (χ2n) is 3.44. The van der Waals surface area contributed by atoms with Gasteiger partial charge in [0.2, 0.25) is 0 Å². The van der Waals surface area contributed by atoms with E-state index in [2.05, 4.69) is 11.9 Å². The fourth-order valence-corrected chi connectivity index (χ4v) is 1.77. The Labute approximate surface area is 97.1 Å². The molecular formula is C13H19NO2. The summed E-state index contributed by atoms with van der Waals surface area (Å²) >= 11 is 0. The minimum atomic E-state index is 0.156. The number of ether oxygens (including phenoxy) is 2. The van der Waals surface area contributed by atoms with Crippen LogP contribution in [-0.2, 0) is 0 Å². The highest BCUT2D eigenvalue weighted by Gasteiger charge is 2.17. The molecule has 3 nitrogen and oxygen atoms in total. The van der Waals surface area contributed by atoms with Gasteiger partial charge in [0.05, 0.1) is 19.8 Å². The van der Waals surface area contributed by atoms with Gasteiger partial charge in [0.1, 0.15) is 11.5 Å². The predicted octanol–water partition coefficient (Wildman–Crippen LogP) is 2.54. The lowest BCUT2D eigenvalue weighted by Gasteiger charge is -2.20. The molecule has 0 spiro atoms. The smallest absolute Gasteiger partial charge is 0.127 e. The zero-order valence-corrected chi connectivity index (χ0v) is 10.1. The number of benzene rings is 1. The molecule has 0 saturated heterocycles. The maximum absolute atomic E-state index is 5.36. The van der Waals surface area contributed by atoms with Gasteiger partial charge in [-0.3, -0.25) is 0 Å². The zero-order chi connectivity index (χ0) is 12.0. The summed E-state index contributed by atoms with van der Waals surface area (Å²) < 4.78 is 10.7. The molecule has 3 heteroatoms. The van der Waals surface area contributed by atoms with Crippen LogP contribution in [-0.4, -0.2) is 21.3 Å². The minimum Gasteiger partial charge on any atom is -0.496 e. The standard InChI is InChI=1S/C13H19NO2/c1-5-7-10(14-2)13-11(15-3)8-6-9-12(13)16-4/h5-6,8-10,14H,1,7H2,2-4H3.